The van der Waals surface area contributed by atoms with Gasteiger partial charge in [-0.2, -0.15) is 0 Å². The first kappa shape index (κ1) is 13.1. The minimum atomic E-state index is -1.01. The van der Waals surface area contributed by atoms with E-state index in [0.717, 1.165) is 4.90 Å². The van der Waals surface area contributed by atoms with Crippen molar-refractivity contribution in [3.63, 3.8) is 0 Å². The summed E-state index contributed by atoms with van der Waals surface area (Å²) < 4.78 is 0. The molecule has 1 saturated heterocycles. The number of hydrogen-bond donors (Lipinski definition) is 2. The molecule has 3 amide bonds. The second kappa shape index (κ2) is 5.09. The van der Waals surface area contributed by atoms with E-state index in [1.54, 1.807) is 12.1 Å². The van der Waals surface area contributed by atoms with E-state index in [1.165, 1.54) is 12.1 Å². The van der Waals surface area contributed by atoms with Crippen molar-refractivity contribution in [3.05, 3.63) is 35.4 Å². The monoisotopic (exact) mass is 262 g/mol. The summed E-state index contributed by atoms with van der Waals surface area (Å²) in [5.74, 6) is -1.25. The SMILES string of the molecule is CCC1NC(=O)N(Cc2ccc(C(=O)O)cc2)C1=O. The summed E-state index contributed by atoms with van der Waals surface area (Å²) in [7, 11) is 0. The van der Waals surface area contributed by atoms with Crippen LogP contribution in [0.2, 0.25) is 0 Å². The fraction of sp³-hybridized carbons (Fsp3) is 0.308. The second-order valence-corrected chi connectivity index (χ2v) is 4.34. The Morgan fingerprint density at radius 3 is 2.42 bits per heavy atom. The van der Waals surface area contributed by atoms with Crippen LogP contribution >= 0.6 is 0 Å². The fourth-order valence-corrected chi connectivity index (χ4v) is 1.94. The molecule has 1 heterocycles. The molecule has 0 aromatic heterocycles. The number of urea groups is 1. The van der Waals surface area contributed by atoms with Crippen LogP contribution in [0.1, 0.15) is 29.3 Å². The van der Waals surface area contributed by atoms with E-state index in [9.17, 15) is 14.4 Å². The van der Waals surface area contributed by atoms with Gasteiger partial charge >= 0.3 is 12.0 Å². The molecule has 1 aliphatic heterocycles. The number of imide groups is 1. The van der Waals surface area contributed by atoms with Gasteiger partial charge in [0.1, 0.15) is 6.04 Å². The van der Waals surface area contributed by atoms with Crippen LogP contribution in [0.15, 0.2) is 24.3 Å². The molecule has 2 N–H and O–H groups in total. The molecular weight excluding hydrogens is 248 g/mol. The highest BCUT2D eigenvalue weighted by Gasteiger charge is 2.36. The Morgan fingerprint density at radius 1 is 1.32 bits per heavy atom. The zero-order chi connectivity index (χ0) is 14.0. The Labute approximate surface area is 110 Å². The van der Waals surface area contributed by atoms with E-state index in [4.69, 9.17) is 5.11 Å². The summed E-state index contributed by atoms with van der Waals surface area (Å²) in [4.78, 5) is 35.4. The van der Waals surface area contributed by atoms with Crippen LogP contribution in [0.25, 0.3) is 0 Å². The molecule has 19 heavy (non-hydrogen) atoms. The molecule has 100 valence electrons. The van der Waals surface area contributed by atoms with Gasteiger partial charge in [-0.05, 0) is 24.1 Å². The number of carboxylic acids is 1. The van der Waals surface area contributed by atoms with Crippen LogP contribution < -0.4 is 5.32 Å². The lowest BCUT2D eigenvalue weighted by Crippen LogP contribution is -2.30. The van der Waals surface area contributed by atoms with Crippen LogP contribution in [0.4, 0.5) is 4.79 Å². The summed E-state index contributed by atoms with van der Waals surface area (Å²) in [6.45, 7) is 1.98. The molecule has 0 bridgehead atoms. The second-order valence-electron chi connectivity index (χ2n) is 4.34. The Hall–Kier alpha value is -2.37. The first-order valence-corrected chi connectivity index (χ1v) is 5.97. The van der Waals surface area contributed by atoms with Gasteiger partial charge in [-0.3, -0.25) is 9.69 Å². The van der Waals surface area contributed by atoms with Crippen molar-refractivity contribution in [3.8, 4) is 0 Å². The molecule has 0 spiro atoms. The number of nitrogens with zero attached hydrogens (tertiary/aromatic N) is 1. The number of aromatic carboxylic acids is 1. The third kappa shape index (κ3) is 2.57. The maximum atomic E-state index is 11.9. The summed E-state index contributed by atoms with van der Waals surface area (Å²) in [5.41, 5.74) is 0.887. The molecule has 1 atom stereocenters. The Balaban J connectivity index is 2.11. The van der Waals surface area contributed by atoms with E-state index in [2.05, 4.69) is 5.32 Å². The highest BCUT2D eigenvalue weighted by Crippen LogP contribution is 2.14. The van der Waals surface area contributed by atoms with E-state index in [1.807, 2.05) is 6.92 Å². The van der Waals surface area contributed by atoms with Gasteiger partial charge in [0.05, 0.1) is 12.1 Å². The molecule has 0 saturated carbocycles. The zero-order valence-corrected chi connectivity index (χ0v) is 10.4. The lowest BCUT2D eigenvalue weighted by atomic mass is 10.1. The van der Waals surface area contributed by atoms with Crippen molar-refractivity contribution >= 4 is 17.9 Å². The minimum absolute atomic E-state index is 0.154. The molecular formula is C13H14N2O4. The molecule has 1 aliphatic rings. The van der Waals surface area contributed by atoms with Gasteiger partial charge in [0.25, 0.3) is 5.91 Å². The van der Waals surface area contributed by atoms with E-state index in [-0.39, 0.29) is 18.0 Å². The average Bonchev–Trinajstić information content (AvgIpc) is 2.67. The number of carbonyl (C=O) groups is 3. The number of carboxylic acid groups (broad SMARTS) is 1. The van der Waals surface area contributed by atoms with E-state index in [0.29, 0.717) is 12.0 Å². The summed E-state index contributed by atoms with van der Waals surface area (Å²) in [6.07, 6.45) is 0.555. The van der Waals surface area contributed by atoms with Crippen LogP contribution in [-0.4, -0.2) is 34.0 Å². The van der Waals surface area contributed by atoms with E-state index < -0.39 is 18.0 Å². The quantitative estimate of drug-likeness (QED) is 0.798. The summed E-state index contributed by atoms with van der Waals surface area (Å²) in [6, 6.07) is 5.25. The average molecular weight is 262 g/mol. The van der Waals surface area contributed by atoms with Crippen LogP contribution in [0.5, 0.6) is 0 Å². The smallest absolute Gasteiger partial charge is 0.335 e. The maximum Gasteiger partial charge on any atom is 0.335 e. The predicted octanol–water partition coefficient (Wildman–Crippen LogP) is 1.22. The topological polar surface area (TPSA) is 86.7 Å². The Morgan fingerprint density at radius 2 is 1.95 bits per heavy atom. The van der Waals surface area contributed by atoms with Gasteiger partial charge in [-0.15, -0.1) is 0 Å². The summed E-state index contributed by atoms with van der Waals surface area (Å²) in [5, 5.41) is 11.4. The van der Waals surface area contributed by atoms with Crippen LogP contribution in [-0.2, 0) is 11.3 Å². The molecule has 1 aromatic rings. The lowest BCUT2D eigenvalue weighted by Gasteiger charge is -2.12. The molecule has 1 unspecified atom stereocenters. The molecule has 2 rings (SSSR count). The first-order valence-electron chi connectivity index (χ1n) is 5.97. The number of benzene rings is 1. The summed E-state index contributed by atoms with van der Waals surface area (Å²) >= 11 is 0. The van der Waals surface area contributed by atoms with Gasteiger partial charge in [0.2, 0.25) is 0 Å². The normalized spacial score (nSPS) is 18.6. The fourth-order valence-electron chi connectivity index (χ4n) is 1.94. The Kier molecular flexibility index (Phi) is 3.50. The zero-order valence-electron chi connectivity index (χ0n) is 10.4. The number of carbonyl (C=O) groups excluding carboxylic acids is 2. The highest BCUT2D eigenvalue weighted by molar-refractivity contribution is 6.04. The predicted molar refractivity (Wildman–Crippen MR) is 66.6 cm³/mol. The number of amides is 3. The number of rotatable bonds is 4. The van der Waals surface area contributed by atoms with Gasteiger partial charge < -0.3 is 10.4 Å². The van der Waals surface area contributed by atoms with Crippen molar-refractivity contribution < 1.29 is 19.5 Å². The van der Waals surface area contributed by atoms with Crippen molar-refractivity contribution in [2.75, 3.05) is 0 Å². The van der Waals surface area contributed by atoms with Crippen molar-refractivity contribution in [2.45, 2.75) is 25.9 Å². The first-order chi connectivity index (χ1) is 9.02. The van der Waals surface area contributed by atoms with Crippen molar-refractivity contribution in [1.82, 2.24) is 10.2 Å². The number of hydrogen-bond acceptors (Lipinski definition) is 3. The third-order valence-corrected chi connectivity index (χ3v) is 3.06. The number of nitrogens with one attached hydrogen (secondary N) is 1. The Bertz CT molecular complexity index is 524. The molecule has 1 aromatic carbocycles. The minimum Gasteiger partial charge on any atom is -0.478 e. The lowest BCUT2D eigenvalue weighted by molar-refractivity contribution is -0.127. The highest BCUT2D eigenvalue weighted by atomic mass is 16.4. The molecule has 6 heteroatoms. The van der Waals surface area contributed by atoms with Gasteiger partial charge in [0, 0.05) is 0 Å². The maximum absolute atomic E-state index is 11.9. The molecule has 0 radical (unpaired) electrons. The van der Waals surface area contributed by atoms with E-state index >= 15 is 0 Å². The van der Waals surface area contributed by atoms with Gasteiger partial charge in [-0.1, -0.05) is 19.1 Å². The largest absolute Gasteiger partial charge is 0.478 e. The van der Waals surface area contributed by atoms with Crippen molar-refractivity contribution in [1.29, 1.82) is 0 Å². The molecule has 0 aliphatic carbocycles. The van der Waals surface area contributed by atoms with Crippen LogP contribution in [0, 0.1) is 0 Å². The standard InChI is InChI=1S/C13H14N2O4/c1-2-10-11(16)15(13(19)14-10)7-8-3-5-9(6-4-8)12(17)18/h3-6,10H,2,7H2,1H3,(H,14,19)(H,17,18). The third-order valence-electron chi connectivity index (χ3n) is 3.06. The molecule has 6 nitrogen and oxygen atoms in total. The van der Waals surface area contributed by atoms with Crippen molar-refractivity contribution in [2.24, 2.45) is 0 Å². The van der Waals surface area contributed by atoms with Gasteiger partial charge in [-0.25, -0.2) is 9.59 Å². The molecule has 1 fully saturated rings. The van der Waals surface area contributed by atoms with Crippen LogP contribution in [0.3, 0.4) is 0 Å². The van der Waals surface area contributed by atoms with Gasteiger partial charge in [0.15, 0.2) is 0 Å².